The van der Waals surface area contributed by atoms with Crippen LogP contribution >= 0.6 is 15.9 Å². The summed E-state index contributed by atoms with van der Waals surface area (Å²) in [6.07, 6.45) is 1.45. The van der Waals surface area contributed by atoms with Crippen molar-refractivity contribution >= 4 is 21.7 Å². The van der Waals surface area contributed by atoms with E-state index in [1.165, 1.54) is 13.2 Å². The smallest absolute Gasteiger partial charge is 0.191 e. The molecule has 0 aliphatic rings. The highest BCUT2D eigenvalue weighted by atomic mass is 79.9. The molecule has 0 aromatic carbocycles. The first-order valence-electron chi connectivity index (χ1n) is 3.46. The van der Waals surface area contributed by atoms with E-state index in [2.05, 4.69) is 29.1 Å². The maximum absolute atomic E-state index is 11.1. The molecule has 72 valence electrons. The van der Waals surface area contributed by atoms with Gasteiger partial charge in [0.1, 0.15) is 12.4 Å². The molecule has 1 N–H and O–H groups in total. The zero-order chi connectivity index (χ0) is 10.4. The molecule has 0 amide bonds. The van der Waals surface area contributed by atoms with Gasteiger partial charge >= 0.3 is 0 Å². The summed E-state index contributed by atoms with van der Waals surface area (Å²) in [4.78, 5) is 11.1. The highest BCUT2D eigenvalue weighted by molar-refractivity contribution is 9.11. The molecule has 0 spiro atoms. The molecule has 0 bridgehead atoms. The van der Waals surface area contributed by atoms with E-state index >= 15 is 0 Å². The summed E-state index contributed by atoms with van der Waals surface area (Å²) >= 11 is 3.07. The van der Waals surface area contributed by atoms with Crippen molar-refractivity contribution in [2.75, 3.05) is 13.7 Å². The van der Waals surface area contributed by atoms with Crippen LogP contribution in [0, 0.1) is 0 Å². The summed E-state index contributed by atoms with van der Waals surface area (Å²) < 4.78 is 5.30. The van der Waals surface area contributed by atoms with Crippen molar-refractivity contribution in [1.82, 2.24) is 0 Å². The van der Waals surface area contributed by atoms with E-state index in [-0.39, 0.29) is 11.3 Å². The Balaban J connectivity index is 4.86. The molecule has 0 saturated heterocycles. The molecular formula is C9H11BrO3. The van der Waals surface area contributed by atoms with Gasteiger partial charge in [-0.2, -0.15) is 0 Å². The molecule has 0 unspecified atom stereocenters. The Morgan fingerprint density at radius 1 is 1.62 bits per heavy atom. The predicted octanol–water partition coefficient (Wildman–Crippen LogP) is 1.54. The van der Waals surface area contributed by atoms with E-state index in [1.54, 1.807) is 0 Å². The number of ketones is 1. The second-order valence-electron chi connectivity index (χ2n) is 2.21. The lowest BCUT2D eigenvalue weighted by molar-refractivity contribution is -0.118. The summed E-state index contributed by atoms with van der Waals surface area (Å²) in [6, 6.07) is 0. The molecule has 0 aliphatic carbocycles. The molecule has 0 saturated carbocycles. The average molecular weight is 247 g/mol. The van der Waals surface area contributed by atoms with Crippen molar-refractivity contribution in [1.29, 1.82) is 0 Å². The van der Waals surface area contributed by atoms with Gasteiger partial charge in [0.2, 0.25) is 0 Å². The maximum atomic E-state index is 11.1. The number of allylic oxidation sites excluding steroid dienone is 3. The number of rotatable bonds is 5. The third-order valence-corrected chi connectivity index (χ3v) is 1.52. The second kappa shape index (κ2) is 5.72. The number of carbonyl (C=O) groups is 1. The molecule has 0 radical (unpaired) electrons. The number of Topliss-reactive ketones (excluding diaryl/α,β-unsaturated/α-hetero) is 1. The Morgan fingerprint density at radius 2 is 2.15 bits per heavy atom. The normalized spacial score (nSPS) is 10.8. The Morgan fingerprint density at radius 3 is 2.46 bits per heavy atom. The predicted molar refractivity (Wildman–Crippen MR) is 54.4 cm³/mol. The van der Waals surface area contributed by atoms with Crippen molar-refractivity contribution in [3.63, 3.8) is 0 Å². The summed E-state index contributed by atoms with van der Waals surface area (Å²) in [5.41, 5.74) is 0.215. The minimum Gasteiger partial charge on any atom is -0.497 e. The van der Waals surface area contributed by atoms with Gasteiger partial charge in [-0.05, 0) is 6.08 Å². The zero-order valence-electron chi connectivity index (χ0n) is 7.34. The van der Waals surface area contributed by atoms with Crippen molar-refractivity contribution < 1.29 is 14.6 Å². The van der Waals surface area contributed by atoms with E-state index < -0.39 is 12.4 Å². The molecule has 0 aliphatic heterocycles. The van der Waals surface area contributed by atoms with E-state index in [1.807, 2.05) is 0 Å². The van der Waals surface area contributed by atoms with Crippen LogP contribution in [0.5, 0.6) is 0 Å². The Labute approximate surface area is 85.5 Å². The van der Waals surface area contributed by atoms with Crippen LogP contribution in [0.15, 0.2) is 35.0 Å². The molecule has 0 rings (SSSR count). The van der Waals surface area contributed by atoms with Gasteiger partial charge in [-0.1, -0.05) is 29.1 Å². The molecule has 0 aromatic rings. The van der Waals surface area contributed by atoms with Crippen molar-refractivity contribution in [2.24, 2.45) is 0 Å². The lowest BCUT2D eigenvalue weighted by Crippen LogP contribution is -2.10. The number of hydrogen-bond acceptors (Lipinski definition) is 3. The number of aliphatic hydroxyl groups excluding tert-OH is 1. The van der Waals surface area contributed by atoms with E-state index in [9.17, 15) is 4.79 Å². The third-order valence-electron chi connectivity index (χ3n) is 1.29. The van der Waals surface area contributed by atoms with Crippen LogP contribution < -0.4 is 0 Å². The number of carbonyl (C=O) groups excluding carboxylic acids is 1. The summed E-state index contributed by atoms with van der Waals surface area (Å²) in [5.74, 6) is -0.243. The zero-order valence-corrected chi connectivity index (χ0v) is 8.93. The monoisotopic (exact) mass is 246 g/mol. The minimum absolute atomic E-state index is 0.208. The first kappa shape index (κ1) is 12.1. The first-order chi connectivity index (χ1) is 6.02. The number of hydrogen-bond donors (Lipinski definition) is 1. The van der Waals surface area contributed by atoms with Gasteiger partial charge in [0, 0.05) is 4.48 Å². The van der Waals surface area contributed by atoms with Crippen LogP contribution in [0.2, 0.25) is 0 Å². The molecule has 3 nitrogen and oxygen atoms in total. The van der Waals surface area contributed by atoms with Gasteiger partial charge in [0.25, 0.3) is 0 Å². The fourth-order valence-corrected chi connectivity index (χ4v) is 0.897. The van der Waals surface area contributed by atoms with Gasteiger partial charge in [-0.25, -0.2) is 0 Å². The minimum atomic E-state index is -0.575. The van der Waals surface area contributed by atoms with Gasteiger partial charge < -0.3 is 9.84 Å². The van der Waals surface area contributed by atoms with Crippen molar-refractivity contribution in [3.05, 3.63) is 35.0 Å². The van der Waals surface area contributed by atoms with Crippen LogP contribution in [0.4, 0.5) is 0 Å². The Kier molecular flexibility index (Phi) is 5.34. The SMILES string of the molecule is C=C(Br)/C=C(\C(=C)OC)C(=O)CO. The fourth-order valence-electron chi connectivity index (χ4n) is 0.668. The van der Waals surface area contributed by atoms with Crippen molar-refractivity contribution in [2.45, 2.75) is 0 Å². The van der Waals surface area contributed by atoms with Crippen molar-refractivity contribution in [3.8, 4) is 0 Å². The number of methoxy groups -OCH3 is 1. The lowest BCUT2D eigenvalue weighted by atomic mass is 10.1. The Bertz CT molecular complexity index is 248. The summed E-state index contributed by atoms with van der Waals surface area (Å²) in [5, 5.41) is 8.63. The van der Waals surface area contributed by atoms with Gasteiger partial charge in [0.15, 0.2) is 5.78 Å². The molecular weight excluding hydrogens is 236 g/mol. The number of aliphatic hydroxyl groups is 1. The Hall–Kier alpha value is -0.870. The molecule has 4 heteroatoms. The van der Waals surface area contributed by atoms with Crippen LogP contribution in [0.25, 0.3) is 0 Å². The van der Waals surface area contributed by atoms with E-state index in [0.717, 1.165) is 0 Å². The van der Waals surface area contributed by atoms with E-state index in [4.69, 9.17) is 9.84 Å². The fraction of sp³-hybridized carbons (Fsp3) is 0.222. The quantitative estimate of drug-likeness (QED) is 0.455. The topological polar surface area (TPSA) is 46.5 Å². The summed E-state index contributed by atoms with van der Waals surface area (Å²) in [6.45, 7) is 6.47. The third kappa shape index (κ3) is 4.05. The lowest BCUT2D eigenvalue weighted by Gasteiger charge is -2.06. The van der Waals surface area contributed by atoms with Gasteiger partial charge in [-0.15, -0.1) is 0 Å². The van der Waals surface area contributed by atoms with Crippen LogP contribution in [-0.2, 0) is 9.53 Å². The number of ether oxygens (including phenoxy) is 1. The largest absolute Gasteiger partial charge is 0.497 e. The van der Waals surface area contributed by atoms with Gasteiger partial charge in [0.05, 0.1) is 12.7 Å². The molecule has 13 heavy (non-hydrogen) atoms. The van der Waals surface area contributed by atoms with Crippen LogP contribution in [-0.4, -0.2) is 24.6 Å². The first-order valence-corrected chi connectivity index (χ1v) is 4.25. The number of halogens is 1. The van der Waals surface area contributed by atoms with Crippen LogP contribution in [0.3, 0.4) is 0 Å². The molecule has 0 fully saturated rings. The standard InChI is InChI=1S/C9H11BrO3/c1-6(10)4-8(7(2)13-3)9(12)5-11/h4,11H,1-2,5H2,3H3/b8-4+. The highest BCUT2D eigenvalue weighted by Gasteiger charge is 2.12. The second-order valence-corrected chi connectivity index (χ2v) is 3.23. The summed E-state index contributed by atoms with van der Waals surface area (Å²) in [7, 11) is 1.40. The van der Waals surface area contributed by atoms with Gasteiger partial charge in [-0.3, -0.25) is 4.79 Å². The average Bonchev–Trinajstić information content (AvgIpc) is 2.11. The van der Waals surface area contributed by atoms with Crippen LogP contribution in [0.1, 0.15) is 0 Å². The molecule has 0 aromatic heterocycles. The maximum Gasteiger partial charge on any atom is 0.191 e. The molecule has 0 heterocycles. The molecule has 0 atom stereocenters. The highest BCUT2D eigenvalue weighted by Crippen LogP contribution is 2.15. The van der Waals surface area contributed by atoms with E-state index in [0.29, 0.717) is 4.48 Å².